The number of rotatable bonds is 3. The standard InChI is InChI=1S/C16H21FO2/c1-10-3-6-15(16(18)19)13(7-10)9-12-4-5-14(17)8-11(12)2/h4-5,8,10,13,15H,3,6-7,9H2,1-2H3,(H,18,19). The number of carboxylic acids is 1. The third kappa shape index (κ3) is 3.34. The third-order valence-electron chi connectivity index (χ3n) is 4.35. The third-order valence-corrected chi connectivity index (χ3v) is 4.35. The van der Waals surface area contributed by atoms with E-state index in [-0.39, 0.29) is 17.7 Å². The zero-order valence-electron chi connectivity index (χ0n) is 11.5. The highest BCUT2D eigenvalue weighted by molar-refractivity contribution is 5.70. The lowest BCUT2D eigenvalue weighted by Gasteiger charge is -2.32. The number of halogens is 1. The summed E-state index contributed by atoms with van der Waals surface area (Å²) in [6, 6.07) is 4.78. The maximum Gasteiger partial charge on any atom is 0.306 e. The largest absolute Gasteiger partial charge is 0.481 e. The van der Waals surface area contributed by atoms with Gasteiger partial charge in [-0.05, 0) is 67.7 Å². The first-order chi connectivity index (χ1) is 8.97. The molecule has 1 aliphatic carbocycles. The van der Waals surface area contributed by atoms with Crippen molar-refractivity contribution in [1.82, 2.24) is 0 Å². The van der Waals surface area contributed by atoms with E-state index in [4.69, 9.17) is 0 Å². The Labute approximate surface area is 113 Å². The molecule has 0 spiro atoms. The van der Waals surface area contributed by atoms with Gasteiger partial charge in [-0.25, -0.2) is 4.39 Å². The molecule has 3 unspecified atom stereocenters. The molecule has 0 amide bonds. The van der Waals surface area contributed by atoms with Crippen LogP contribution in [0.3, 0.4) is 0 Å². The Kier molecular flexibility index (Phi) is 4.23. The molecule has 2 nitrogen and oxygen atoms in total. The topological polar surface area (TPSA) is 37.3 Å². The van der Waals surface area contributed by atoms with E-state index < -0.39 is 5.97 Å². The molecular weight excluding hydrogens is 243 g/mol. The number of carboxylic acid groups (broad SMARTS) is 1. The fraction of sp³-hybridized carbons (Fsp3) is 0.562. The van der Waals surface area contributed by atoms with Crippen LogP contribution in [0.4, 0.5) is 4.39 Å². The van der Waals surface area contributed by atoms with E-state index in [2.05, 4.69) is 6.92 Å². The van der Waals surface area contributed by atoms with Gasteiger partial charge in [-0.2, -0.15) is 0 Å². The Morgan fingerprint density at radius 2 is 2.16 bits per heavy atom. The van der Waals surface area contributed by atoms with Crippen LogP contribution >= 0.6 is 0 Å². The summed E-state index contributed by atoms with van der Waals surface area (Å²) in [5.74, 6) is -0.405. The first-order valence-electron chi connectivity index (χ1n) is 6.95. The Bertz CT molecular complexity index is 470. The van der Waals surface area contributed by atoms with Crippen molar-refractivity contribution in [3.63, 3.8) is 0 Å². The van der Waals surface area contributed by atoms with Crippen LogP contribution < -0.4 is 0 Å². The van der Waals surface area contributed by atoms with Gasteiger partial charge in [0.15, 0.2) is 0 Å². The first-order valence-corrected chi connectivity index (χ1v) is 6.95. The number of carbonyl (C=O) groups is 1. The highest BCUT2D eigenvalue weighted by atomic mass is 19.1. The van der Waals surface area contributed by atoms with E-state index in [1.165, 1.54) is 12.1 Å². The van der Waals surface area contributed by atoms with Crippen molar-refractivity contribution in [2.45, 2.75) is 39.5 Å². The van der Waals surface area contributed by atoms with E-state index in [0.717, 1.165) is 36.8 Å². The molecule has 104 valence electrons. The molecule has 1 saturated carbocycles. The molecule has 3 heteroatoms. The summed E-state index contributed by atoms with van der Waals surface area (Å²) in [6.45, 7) is 4.07. The minimum atomic E-state index is -0.684. The summed E-state index contributed by atoms with van der Waals surface area (Å²) >= 11 is 0. The molecule has 0 radical (unpaired) electrons. The minimum absolute atomic E-state index is 0.172. The molecule has 2 rings (SSSR count). The normalized spacial score (nSPS) is 27.2. The van der Waals surface area contributed by atoms with Crippen LogP contribution in [-0.4, -0.2) is 11.1 Å². The van der Waals surface area contributed by atoms with Crippen LogP contribution in [0, 0.1) is 30.5 Å². The quantitative estimate of drug-likeness (QED) is 0.901. The van der Waals surface area contributed by atoms with E-state index in [9.17, 15) is 14.3 Å². The second-order valence-electron chi connectivity index (χ2n) is 5.90. The van der Waals surface area contributed by atoms with Gasteiger partial charge >= 0.3 is 5.97 Å². The summed E-state index contributed by atoms with van der Waals surface area (Å²) in [5.41, 5.74) is 1.99. The number of aliphatic carboxylic acids is 1. The molecular formula is C16H21FO2. The van der Waals surface area contributed by atoms with Gasteiger partial charge < -0.3 is 5.11 Å². The fourth-order valence-electron chi connectivity index (χ4n) is 3.22. The molecule has 0 saturated heterocycles. The number of aryl methyl sites for hydroxylation is 1. The van der Waals surface area contributed by atoms with E-state index in [1.54, 1.807) is 6.07 Å². The molecule has 3 atom stereocenters. The van der Waals surface area contributed by atoms with E-state index >= 15 is 0 Å². The highest BCUT2D eigenvalue weighted by Crippen LogP contribution is 2.36. The number of hydrogen-bond acceptors (Lipinski definition) is 1. The SMILES string of the molecule is Cc1cc(F)ccc1CC1CC(C)CCC1C(=O)O. The maximum absolute atomic E-state index is 13.1. The fourth-order valence-corrected chi connectivity index (χ4v) is 3.22. The lowest BCUT2D eigenvalue weighted by Crippen LogP contribution is -2.31. The predicted octanol–water partition coefficient (Wildman–Crippen LogP) is 3.81. The van der Waals surface area contributed by atoms with Gasteiger partial charge in [0.2, 0.25) is 0 Å². The minimum Gasteiger partial charge on any atom is -0.481 e. The van der Waals surface area contributed by atoms with E-state index in [1.807, 2.05) is 6.92 Å². The molecule has 19 heavy (non-hydrogen) atoms. The maximum atomic E-state index is 13.1. The molecule has 1 aromatic carbocycles. The molecule has 1 aromatic rings. The van der Waals surface area contributed by atoms with Gasteiger partial charge in [0, 0.05) is 0 Å². The van der Waals surface area contributed by atoms with Crippen molar-refractivity contribution in [2.75, 3.05) is 0 Å². The molecule has 0 heterocycles. The van der Waals surface area contributed by atoms with Gasteiger partial charge in [0.05, 0.1) is 5.92 Å². The van der Waals surface area contributed by atoms with Gasteiger partial charge in [0.1, 0.15) is 5.82 Å². The van der Waals surface area contributed by atoms with Gasteiger partial charge in [-0.1, -0.05) is 13.0 Å². The van der Waals surface area contributed by atoms with Crippen molar-refractivity contribution in [2.24, 2.45) is 17.8 Å². The van der Waals surface area contributed by atoms with Gasteiger partial charge in [-0.15, -0.1) is 0 Å². The zero-order chi connectivity index (χ0) is 14.0. The van der Waals surface area contributed by atoms with Crippen LogP contribution in [0.25, 0.3) is 0 Å². The van der Waals surface area contributed by atoms with Crippen molar-refractivity contribution in [3.05, 3.63) is 35.1 Å². The monoisotopic (exact) mass is 264 g/mol. The van der Waals surface area contributed by atoms with Crippen LogP contribution in [-0.2, 0) is 11.2 Å². The summed E-state index contributed by atoms with van der Waals surface area (Å²) in [5, 5.41) is 9.33. The number of benzene rings is 1. The predicted molar refractivity (Wildman–Crippen MR) is 72.5 cm³/mol. The van der Waals surface area contributed by atoms with Crippen LogP contribution in [0.5, 0.6) is 0 Å². The molecule has 0 bridgehead atoms. The first kappa shape index (κ1) is 14.0. The molecule has 0 aliphatic heterocycles. The molecule has 0 aromatic heterocycles. The van der Waals surface area contributed by atoms with Crippen LogP contribution in [0.2, 0.25) is 0 Å². The van der Waals surface area contributed by atoms with Crippen LogP contribution in [0.1, 0.15) is 37.3 Å². The Morgan fingerprint density at radius 3 is 2.79 bits per heavy atom. The molecule has 1 fully saturated rings. The van der Waals surface area contributed by atoms with Gasteiger partial charge in [0.25, 0.3) is 0 Å². The Balaban J connectivity index is 2.16. The second-order valence-corrected chi connectivity index (χ2v) is 5.90. The summed E-state index contributed by atoms with van der Waals surface area (Å²) in [6.07, 6.45) is 3.46. The van der Waals surface area contributed by atoms with Crippen molar-refractivity contribution in [3.8, 4) is 0 Å². The number of hydrogen-bond donors (Lipinski definition) is 1. The Morgan fingerprint density at radius 1 is 1.42 bits per heavy atom. The van der Waals surface area contributed by atoms with Gasteiger partial charge in [-0.3, -0.25) is 4.79 Å². The summed E-state index contributed by atoms with van der Waals surface area (Å²) in [7, 11) is 0. The van der Waals surface area contributed by atoms with E-state index in [0.29, 0.717) is 5.92 Å². The summed E-state index contributed by atoms with van der Waals surface area (Å²) in [4.78, 5) is 11.3. The molecule has 1 N–H and O–H groups in total. The smallest absolute Gasteiger partial charge is 0.306 e. The Hall–Kier alpha value is -1.38. The lowest BCUT2D eigenvalue weighted by atomic mass is 9.72. The second kappa shape index (κ2) is 5.72. The molecule has 1 aliphatic rings. The van der Waals surface area contributed by atoms with Crippen molar-refractivity contribution >= 4 is 5.97 Å². The zero-order valence-corrected chi connectivity index (χ0v) is 11.5. The summed E-state index contributed by atoms with van der Waals surface area (Å²) < 4.78 is 13.1. The lowest BCUT2D eigenvalue weighted by molar-refractivity contribution is -0.145. The van der Waals surface area contributed by atoms with Crippen LogP contribution in [0.15, 0.2) is 18.2 Å². The van der Waals surface area contributed by atoms with Crippen molar-refractivity contribution < 1.29 is 14.3 Å². The van der Waals surface area contributed by atoms with Crippen molar-refractivity contribution in [1.29, 1.82) is 0 Å². The average molecular weight is 264 g/mol. The average Bonchev–Trinajstić information content (AvgIpc) is 2.32. The highest BCUT2D eigenvalue weighted by Gasteiger charge is 2.33.